The van der Waals surface area contributed by atoms with Crippen LogP contribution in [0.5, 0.6) is 5.75 Å². The third-order valence-electron chi connectivity index (χ3n) is 3.16. The quantitative estimate of drug-likeness (QED) is 0.764. The molecule has 4 nitrogen and oxygen atoms in total. The summed E-state index contributed by atoms with van der Waals surface area (Å²) in [5.41, 5.74) is 1.48. The third kappa shape index (κ3) is 1.81. The van der Waals surface area contributed by atoms with Crippen molar-refractivity contribution in [3.63, 3.8) is 0 Å². The first-order valence-electron chi connectivity index (χ1n) is 6.05. The summed E-state index contributed by atoms with van der Waals surface area (Å²) in [5, 5.41) is 5.10. The van der Waals surface area contributed by atoms with Gasteiger partial charge in [-0.3, -0.25) is 9.89 Å². The summed E-state index contributed by atoms with van der Waals surface area (Å²) < 4.78 is 6.92. The second-order valence-electron chi connectivity index (χ2n) is 4.45. The number of fused-ring (bicyclic) bond motifs is 1. The number of benzene rings is 2. The van der Waals surface area contributed by atoms with E-state index in [0.29, 0.717) is 5.75 Å². The van der Waals surface area contributed by atoms with Crippen molar-refractivity contribution >= 4 is 10.8 Å². The minimum Gasteiger partial charge on any atom is -0.494 e. The molecule has 3 rings (SSSR count). The fourth-order valence-electron chi connectivity index (χ4n) is 2.31. The van der Waals surface area contributed by atoms with E-state index in [0.717, 1.165) is 22.2 Å². The molecular formula is C15H14N2O2. The third-order valence-corrected chi connectivity index (χ3v) is 3.16. The highest BCUT2D eigenvalue weighted by molar-refractivity contribution is 5.92. The van der Waals surface area contributed by atoms with Gasteiger partial charge in [0.2, 0.25) is 0 Å². The number of aromatic nitrogens is 2. The minimum absolute atomic E-state index is 0.0906. The Hall–Kier alpha value is -2.49. The van der Waals surface area contributed by atoms with Gasteiger partial charge in [0.05, 0.1) is 7.11 Å². The zero-order valence-electron chi connectivity index (χ0n) is 10.8. The maximum absolute atomic E-state index is 12.0. The van der Waals surface area contributed by atoms with Crippen molar-refractivity contribution in [2.75, 3.05) is 7.11 Å². The lowest BCUT2D eigenvalue weighted by Crippen LogP contribution is -2.14. The van der Waals surface area contributed by atoms with Gasteiger partial charge in [0.1, 0.15) is 11.4 Å². The number of nitrogens with zero attached hydrogens (tertiary/aromatic N) is 1. The van der Waals surface area contributed by atoms with Crippen LogP contribution in [0.4, 0.5) is 0 Å². The van der Waals surface area contributed by atoms with Crippen LogP contribution in [0, 0.1) is 6.92 Å². The number of hydrogen-bond acceptors (Lipinski definition) is 2. The Bertz CT molecular complexity index is 799. The monoisotopic (exact) mass is 254 g/mol. The maximum atomic E-state index is 12.0. The minimum atomic E-state index is -0.0906. The summed E-state index contributed by atoms with van der Waals surface area (Å²) in [7, 11) is 1.61. The summed E-state index contributed by atoms with van der Waals surface area (Å²) in [5.74, 6) is 0.669. The normalized spacial score (nSPS) is 10.8. The molecule has 4 heteroatoms. The van der Waals surface area contributed by atoms with E-state index in [2.05, 4.69) is 5.10 Å². The molecule has 0 radical (unpaired) electrons. The molecule has 3 aromatic rings. The molecule has 0 atom stereocenters. The lowest BCUT2D eigenvalue weighted by Gasteiger charge is -2.12. The molecule has 0 saturated heterocycles. The van der Waals surface area contributed by atoms with Crippen LogP contribution >= 0.6 is 0 Å². The number of H-pyrrole nitrogens is 1. The average Bonchev–Trinajstić information content (AvgIpc) is 2.76. The van der Waals surface area contributed by atoms with Crippen LogP contribution in [0.25, 0.3) is 16.5 Å². The smallest absolute Gasteiger partial charge is 0.271 e. The number of ether oxygens (including phenoxy) is 1. The molecular weight excluding hydrogens is 240 g/mol. The molecule has 0 amide bonds. The Morgan fingerprint density at radius 2 is 1.95 bits per heavy atom. The van der Waals surface area contributed by atoms with E-state index >= 15 is 0 Å². The fraction of sp³-hybridized carbons (Fsp3) is 0.133. The number of hydrogen-bond donors (Lipinski definition) is 1. The molecule has 0 aliphatic heterocycles. The zero-order chi connectivity index (χ0) is 13.4. The van der Waals surface area contributed by atoms with Gasteiger partial charge in [0, 0.05) is 17.1 Å². The van der Waals surface area contributed by atoms with Gasteiger partial charge >= 0.3 is 0 Å². The second kappa shape index (κ2) is 4.31. The Balaban J connectivity index is 2.44. The van der Waals surface area contributed by atoms with E-state index in [1.165, 1.54) is 4.68 Å². The van der Waals surface area contributed by atoms with Crippen LogP contribution in [0.1, 0.15) is 5.69 Å². The Morgan fingerprint density at radius 3 is 2.63 bits per heavy atom. The Kier molecular flexibility index (Phi) is 2.63. The molecule has 1 aromatic heterocycles. The van der Waals surface area contributed by atoms with Gasteiger partial charge in [0.25, 0.3) is 5.56 Å². The molecule has 96 valence electrons. The predicted molar refractivity (Wildman–Crippen MR) is 75.2 cm³/mol. The van der Waals surface area contributed by atoms with Crippen LogP contribution in [0.15, 0.2) is 47.3 Å². The van der Waals surface area contributed by atoms with Crippen molar-refractivity contribution < 1.29 is 4.74 Å². The van der Waals surface area contributed by atoms with E-state index < -0.39 is 0 Å². The topological polar surface area (TPSA) is 47.0 Å². The molecule has 0 fully saturated rings. The molecule has 2 aromatic carbocycles. The average molecular weight is 254 g/mol. The molecule has 0 spiro atoms. The first kappa shape index (κ1) is 11.6. The fourth-order valence-corrected chi connectivity index (χ4v) is 2.31. The first-order chi connectivity index (χ1) is 9.20. The van der Waals surface area contributed by atoms with E-state index in [4.69, 9.17) is 4.74 Å². The van der Waals surface area contributed by atoms with Gasteiger partial charge in [-0.25, -0.2) is 4.68 Å². The van der Waals surface area contributed by atoms with Gasteiger partial charge in [-0.15, -0.1) is 0 Å². The van der Waals surface area contributed by atoms with Gasteiger partial charge < -0.3 is 4.74 Å². The molecule has 0 unspecified atom stereocenters. The molecule has 1 N–H and O–H groups in total. The van der Waals surface area contributed by atoms with E-state index in [-0.39, 0.29) is 5.56 Å². The van der Waals surface area contributed by atoms with Crippen LogP contribution in [-0.2, 0) is 0 Å². The van der Waals surface area contributed by atoms with E-state index in [1.807, 2.05) is 43.3 Å². The van der Waals surface area contributed by atoms with Gasteiger partial charge in [-0.2, -0.15) is 0 Å². The highest BCUT2D eigenvalue weighted by Crippen LogP contribution is 2.30. The lowest BCUT2D eigenvalue weighted by atomic mass is 10.1. The van der Waals surface area contributed by atoms with Crippen LogP contribution < -0.4 is 10.3 Å². The summed E-state index contributed by atoms with van der Waals surface area (Å²) in [6, 6.07) is 13.3. The summed E-state index contributed by atoms with van der Waals surface area (Å²) in [4.78, 5) is 12.0. The molecule has 0 bridgehead atoms. The Labute approximate surface area is 110 Å². The molecule has 0 aliphatic carbocycles. The number of methoxy groups -OCH3 is 1. The van der Waals surface area contributed by atoms with Crippen molar-refractivity contribution in [3.05, 3.63) is 58.5 Å². The second-order valence-corrected chi connectivity index (χ2v) is 4.45. The van der Waals surface area contributed by atoms with Crippen molar-refractivity contribution in [1.29, 1.82) is 0 Å². The number of aryl methyl sites for hydroxylation is 1. The number of nitrogens with one attached hydrogen (secondary N) is 1. The predicted octanol–water partition coefficient (Wildman–Crippen LogP) is 2.64. The summed E-state index contributed by atoms with van der Waals surface area (Å²) in [6.45, 7) is 1.86. The van der Waals surface area contributed by atoms with Crippen LogP contribution in [-0.4, -0.2) is 16.9 Å². The van der Waals surface area contributed by atoms with Crippen LogP contribution in [0.3, 0.4) is 0 Å². The number of rotatable bonds is 2. The first-order valence-corrected chi connectivity index (χ1v) is 6.05. The standard InChI is InChI=1S/C15H14N2O2/c1-10-9-14(18)17(16-10)15-12-6-4-3-5-11(12)7-8-13(15)19-2/h3-9,16H,1-2H3. The summed E-state index contributed by atoms with van der Waals surface area (Å²) in [6.07, 6.45) is 0. The van der Waals surface area contributed by atoms with Crippen LogP contribution in [0.2, 0.25) is 0 Å². The van der Waals surface area contributed by atoms with E-state index in [9.17, 15) is 4.79 Å². The van der Waals surface area contributed by atoms with Crippen molar-refractivity contribution in [2.24, 2.45) is 0 Å². The van der Waals surface area contributed by atoms with Crippen molar-refractivity contribution in [3.8, 4) is 11.4 Å². The van der Waals surface area contributed by atoms with Gasteiger partial charge in [0.15, 0.2) is 0 Å². The maximum Gasteiger partial charge on any atom is 0.271 e. The zero-order valence-corrected chi connectivity index (χ0v) is 10.8. The molecule has 0 saturated carbocycles. The Morgan fingerprint density at radius 1 is 1.16 bits per heavy atom. The highest BCUT2D eigenvalue weighted by Gasteiger charge is 2.12. The number of aromatic amines is 1. The summed E-state index contributed by atoms with van der Waals surface area (Å²) >= 11 is 0. The van der Waals surface area contributed by atoms with Gasteiger partial charge in [-0.05, 0) is 18.4 Å². The highest BCUT2D eigenvalue weighted by atomic mass is 16.5. The molecule has 0 aliphatic rings. The molecule has 1 heterocycles. The van der Waals surface area contributed by atoms with Gasteiger partial charge in [-0.1, -0.05) is 30.3 Å². The lowest BCUT2D eigenvalue weighted by molar-refractivity contribution is 0.412. The van der Waals surface area contributed by atoms with E-state index in [1.54, 1.807) is 13.2 Å². The van der Waals surface area contributed by atoms with Crippen molar-refractivity contribution in [2.45, 2.75) is 6.92 Å². The van der Waals surface area contributed by atoms with Crippen molar-refractivity contribution in [1.82, 2.24) is 9.78 Å². The largest absolute Gasteiger partial charge is 0.494 e. The molecule has 19 heavy (non-hydrogen) atoms. The SMILES string of the molecule is COc1ccc2ccccc2c1-n1[nH]c(C)cc1=O.